The van der Waals surface area contributed by atoms with Crippen molar-refractivity contribution in [3.05, 3.63) is 91.6 Å². The number of benzene rings is 1. The van der Waals surface area contributed by atoms with Crippen molar-refractivity contribution in [2.45, 2.75) is 20.4 Å². The summed E-state index contributed by atoms with van der Waals surface area (Å²) in [6.07, 6.45) is 1.52. The maximum absolute atomic E-state index is 12.7. The second-order valence-corrected chi connectivity index (χ2v) is 6.21. The summed E-state index contributed by atoms with van der Waals surface area (Å²) in [6, 6.07) is 10.7. The number of rotatable bonds is 5. The summed E-state index contributed by atoms with van der Waals surface area (Å²) in [5.41, 5.74) is 1.31. The van der Waals surface area contributed by atoms with Crippen LogP contribution in [0.3, 0.4) is 0 Å². The van der Waals surface area contributed by atoms with Crippen molar-refractivity contribution >= 4 is 17.5 Å². The van der Waals surface area contributed by atoms with Crippen LogP contribution in [0, 0.1) is 24.0 Å². The summed E-state index contributed by atoms with van der Waals surface area (Å²) in [4.78, 5) is 43.9. The minimum Gasteiger partial charge on any atom is -0.310 e. The Morgan fingerprint density at radius 3 is 2.54 bits per heavy atom. The third kappa shape index (κ3) is 4.26. The fourth-order valence-corrected chi connectivity index (χ4v) is 2.75. The molecule has 2 heterocycles. The van der Waals surface area contributed by atoms with Gasteiger partial charge >= 0.3 is 0 Å². The number of aromatic nitrogens is 3. The second-order valence-electron chi connectivity index (χ2n) is 6.21. The molecule has 0 aliphatic carbocycles. The molecule has 2 aromatic heterocycles. The standard InChI is InChI=1S/C19H17N5O4/c1-12-9-13(2)21-19(20-12)22-17(25)16-7-4-8-23(18(16)26)11-14-5-3-6-15(10-14)24(27)28/h3-10H,11H2,1-2H3,(H,20,21,22,25). The van der Waals surface area contributed by atoms with Crippen molar-refractivity contribution in [3.63, 3.8) is 0 Å². The molecule has 0 radical (unpaired) electrons. The van der Waals surface area contributed by atoms with E-state index in [0.29, 0.717) is 17.0 Å². The number of nitrogens with one attached hydrogen (secondary N) is 1. The van der Waals surface area contributed by atoms with Crippen LogP contribution >= 0.6 is 0 Å². The first-order valence-corrected chi connectivity index (χ1v) is 8.40. The van der Waals surface area contributed by atoms with Gasteiger partial charge in [-0.3, -0.25) is 25.0 Å². The Morgan fingerprint density at radius 2 is 1.86 bits per heavy atom. The zero-order valence-corrected chi connectivity index (χ0v) is 15.2. The molecule has 28 heavy (non-hydrogen) atoms. The van der Waals surface area contributed by atoms with Gasteiger partial charge in [0.15, 0.2) is 0 Å². The highest BCUT2D eigenvalue weighted by Crippen LogP contribution is 2.14. The number of nitro groups is 1. The predicted octanol–water partition coefficient (Wildman–Crippen LogP) is 2.46. The average Bonchev–Trinajstić information content (AvgIpc) is 2.62. The molecule has 1 amide bonds. The number of carbonyl (C=O) groups is 1. The third-order valence-corrected chi connectivity index (χ3v) is 3.95. The quantitative estimate of drug-likeness (QED) is 0.537. The second kappa shape index (κ2) is 7.78. The van der Waals surface area contributed by atoms with Gasteiger partial charge in [-0.2, -0.15) is 0 Å². The van der Waals surface area contributed by atoms with Gasteiger partial charge in [-0.05, 0) is 37.6 Å². The van der Waals surface area contributed by atoms with Crippen molar-refractivity contribution in [3.8, 4) is 0 Å². The van der Waals surface area contributed by atoms with Crippen molar-refractivity contribution in [1.82, 2.24) is 14.5 Å². The minimum atomic E-state index is -0.622. The Morgan fingerprint density at radius 1 is 1.14 bits per heavy atom. The lowest BCUT2D eigenvalue weighted by Crippen LogP contribution is -2.29. The smallest absolute Gasteiger partial charge is 0.269 e. The van der Waals surface area contributed by atoms with Crippen LogP contribution in [-0.2, 0) is 6.54 Å². The summed E-state index contributed by atoms with van der Waals surface area (Å²) >= 11 is 0. The van der Waals surface area contributed by atoms with Gasteiger partial charge in [0.05, 0.1) is 11.5 Å². The Bertz CT molecular complexity index is 1100. The van der Waals surface area contributed by atoms with Crippen molar-refractivity contribution in [2.75, 3.05) is 5.32 Å². The van der Waals surface area contributed by atoms with E-state index >= 15 is 0 Å². The molecule has 1 N–H and O–H groups in total. The number of hydrogen-bond acceptors (Lipinski definition) is 6. The zero-order valence-electron chi connectivity index (χ0n) is 15.2. The van der Waals surface area contributed by atoms with Gasteiger partial charge in [-0.1, -0.05) is 12.1 Å². The van der Waals surface area contributed by atoms with Crippen LogP contribution in [0.25, 0.3) is 0 Å². The first kappa shape index (κ1) is 18.9. The van der Waals surface area contributed by atoms with E-state index in [2.05, 4.69) is 15.3 Å². The molecule has 1 aromatic carbocycles. The summed E-state index contributed by atoms with van der Waals surface area (Å²) in [6.45, 7) is 3.65. The molecule has 0 aliphatic rings. The van der Waals surface area contributed by atoms with Gasteiger partial charge in [-0.15, -0.1) is 0 Å². The normalized spacial score (nSPS) is 10.5. The topological polar surface area (TPSA) is 120 Å². The Labute approximate surface area is 159 Å². The number of pyridine rings is 1. The van der Waals surface area contributed by atoms with Gasteiger partial charge in [-0.25, -0.2) is 9.97 Å². The molecule has 0 spiro atoms. The molecule has 0 aliphatic heterocycles. The molecule has 9 nitrogen and oxygen atoms in total. The molecular weight excluding hydrogens is 362 g/mol. The molecule has 3 rings (SSSR count). The van der Waals surface area contributed by atoms with Crippen LogP contribution in [0.4, 0.5) is 11.6 Å². The number of non-ortho nitro benzene ring substituents is 1. The van der Waals surface area contributed by atoms with E-state index in [0.717, 1.165) is 0 Å². The van der Waals surface area contributed by atoms with Crippen LogP contribution in [0.5, 0.6) is 0 Å². The van der Waals surface area contributed by atoms with E-state index in [1.54, 1.807) is 38.1 Å². The molecular formula is C19H17N5O4. The van der Waals surface area contributed by atoms with E-state index in [1.165, 1.54) is 29.0 Å². The average molecular weight is 379 g/mol. The van der Waals surface area contributed by atoms with Crippen LogP contribution in [-0.4, -0.2) is 25.4 Å². The van der Waals surface area contributed by atoms with Crippen molar-refractivity contribution < 1.29 is 9.72 Å². The maximum Gasteiger partial charge on any atom is 0.269 e. The lowest BCUT2D eigenvalue weighted by molar-refractivity contribution is -0.384. The van der Waals surface area contributed by atoms with E-state index < -0.39 is 16.4 Å². The minimum absolute atomic E-state index is 0.0635. The van der Waals surface area contributed by atoms with Crippen LogP contribution in [0.1, 0.15) is 27.3 Å². The van der Waals surface area contributed by atoms with Gasteiger partial charge in [0.25, 0.3) is 17.2 Å². The fraction of sp³-hybridized carbons (Fsp3) is 0.158. The Balaban J connectivity index is 1.86. The number of anilines is 1. The summed E-state index contributed by atoms with van der Waals surface area (Å²) in [5.74, 6) is -0.501. The van der Waals surface area contributed by atoms with E-state index in [-0.39, 0.29) is 23.7 Å². The molecule has 0 saturated heterocycles. The Kier molecular flexibility index (Phi) is 5.25. The van der Waals surface area contributed by atoms with E-state index in [9.17, 15) is 19.7 Å². The first-order valence-electron chi connectivity index (χ1n) is 8.40. The van der Waals surface area contributed by atoms with Gasteiger partial charge in [0, 0.05) is 29.7 Å². The van der Waals surface area contributed by atoms with E-state index in [1.807, 2.05) is 0 Å². The molecule has 142 valence electrons. The van der Waals surface area contributed by atoms with Gasteiger partial charge < -0.3 is 4.57 Å². The number of nitrogens with zero attached hydrogens (tertiary/aromatic N) is 4. The monoisotopic (exact) mass is 379 g/mol. The molecule has 3 aromatic rings. The van der Waals surface area contributed by atoms with Gasteiger partial charge in [0.2, 0.25) is 5.95 Å². The molecule has 0 saturated carbocycles. The lowest BCUT2D eigenvalue weighted by Gasteiger charge is -2.09. The van der Waals surface area contributed by atoms with Crippen LogP contribution < -0.4 is 10.9 Å². The van der Waals surface area contributed by atoms with E-state index in [4.69, 9.17) is 0 Å². The summed E-state index contributed by atoms with van der Waals surface area (Å²) in [5, 5.41) is 13.4. The summed E-state index contributed by atoms with van der Waals surface area (Å²) in [7, 11) is 0. The number of amides is 1. The molecule has 0 unspecified atom stereocenters. The predicted molar refractivity (Wildman–Crippen MR) is 102 cm³/mol. The lowest BCUT2D eigenvalue weighted by atomic mass is 10.2. The molecule has 0 atom stereocenters. The van der Waals surface area contributed by atoms with Crippen molar-refractivity contribution in [1.29, 1.82) is 0 Å². The fourth-order valence-electron chi connectivity index (χ4n) is 2.75. The van der Waals surface area contributed by atoms with Crippen LogP contribution in [0.2, 0.25) is 0 Å². The van der Waals surface area contributed by atoms with Gasteiger partial charge in [0.1, 0.15) is 5.56 Å². The highest BCUT2D eigenvalue weighted by molar-refractivity contribution is 6.03. The molecule has 0 fully saturated rings. The number of hydrogen-bond donors (Lipinski definition) is 1. The summed E-state index contributed by atoms with van der Waals surface area (Å²) < 4.78 is 1.32. The van der Waals surface area contributed by atoms with Crippen LogP contribution in [0.15, 0.2) is 53.5 Å². The number of aryl methyl sites for hydroxylation is 2. The van der Waals surface area contributed by atoms with Crippen molar-refractivity contribution in [2.24, 2.45) is 0 Å². The molecule has 9 heteroatoms. The first-order chi connectivity index (χ1) is 13.3. The third-order valence-electron chi connectivity index (χ3n) is 3.95. The molecule has 0 bridgehead atoms. The SMILES string of the molecule is Cc1cc(C)nc(NC(=O)c2cccn(Cc3cccc([N+](=O)[O-])c3)c2=O)n1. The maximum atomic E-state index is 12.7. The highest BCUT2D eigenvalue weighted by Gasteiger charge is 2.15. The highest BCUT2D eigenvalue weighted by atomic mass is 16.6. The number of carbonyl (C=O) groups excluding carboxylic acids is 1. The zero-order chi connectivity index (χ0) is 20.3. The Hall–Kier alpha value is -3.88. The number of nitro benzene ring substituents is 1. The largest absolute Gasteiger partial charge is 0.310 e.